The number of hydrogen-bond donors (Lipinski definition) is 2. The lowest BCUT2D eigenvalue weighted by atomic mass is 10.1. The van der Waals surface area contributed by atoms with Gasteiger partial charge in [-0.2, -0.15) is 0 Å². The van der Waals surface area contributed by atoms with Crippen LogP contribution >= 0.6 is 11.6 Å². The number of carbonyl (C=O) groups excluding carboxylic acids is 2. The minimum absolute atomic E-state index is 0.0326. The number of hydrogen-bond acceptors (Lipinski definition) is 2. The van der Waals surface area contributed by atoms with Crippen molar-refractivity contribution in [1.82, 2.24) is 5.32 Å². The fourth-order valence-corrected chi connectivity index (χ4v) is 1.64. The zero-order valence-electron chi connectivity index (χ0n) is 11.4. The molecule has 2 N–H and O–H groups in total. The average molecular weight is 283 g/mol. The van der Waals surface area contributed by atoms with Crippen molar-refractivity contribution >= 4 is 29.1 Å². The second kappa shape index (κ2) is 7.14. The molecule has 1 atom stereocenters. The highest BCUT2D eigenvalue weighted by molar-refractivity contribution is 6.31. The first-order valence-corrected chi connectivity index (χ1v) is 6.66. The van der Waals surface area contributed by atoms with Gasteiger partial charge in [-0.1, -0.05) is 31.5 Å². The molecule has 0 aliphatic heterocycles. The summed E-state index contributed by atoms with van der Waals surface area (Å²) >= 11 is 5.96. The molecule has 1 rings (SSSR count). The fraction of sp³-hybridized carbons (Fsp3) is 0.429. The number of halogens is 1. The SMILES string of the molecule is CCC(C)C(=O)NCC(=O)Nc1cccc(Cl)c1C. The molecule has 0 aliphatic rings. The van der Waals surface area contributed by atoms with Gasteiger partial charge < -0.3 is 10.6 Å². The summed E-state index contributed by atoms with van der Waals surface area (Å²) in [6, 6.07) is 5.30. The van der Waals surface area contributed by atoms with Crippen molar-refractivity contribution in [2.45, 2.75) is 27.2 Å². The number of benzene rings is 1. The smallest absolute Gasteiger partial charge is 0.243 e. The molecule has 1 unspecified atom stereocenters. The van der Waals surface area contributed by atoms with Gasteiger partial charge in [0.2, 0.25) is 11.8 Å². The molecule has 0 fully saturated rings. The molecule has 1 aromatic rings. The van der Waals surface area contributed by atoms with Gasteiger partial charge in [-0.25, -0.2) is 0 Å². The summed E-state index contributed by atoms with van der Waals surface area (Å²) in [6.45, 7) is 5.55. The molecule has 0 saturated carbocycles. The maximum absolute atomic E-state index is 11.7. The van der Waals surface area contributed by atoms with Gasteiger partial charge in [-0.05, 0) is 31.0 Å². The van der Waals surface area contributed by atoms with E-state index < -0.39 is 0 Å². The molecular weight excluding hydrogens is 264 g/mol. The third-order valence-corrected chi connectivity index (χ3v) is 3.43. The molecule has 4 nitrogen and oxygen atoms in total. The molecule has 104 valence electrons. The zero-order valence-corrected chi connectivity index (χ0v) is 12.2. The molecule has 1 aromatic carbocycles. The van der Waals surface area contributed by atoms with E-state index >= 15 is 0 Å². The van der Waals surface area contributed by atoms with E-state index in [0.29, 0.717) is 10.7 Å². The lowest BCUT2D eigenvalue weighted by Crippen LogP contribution is -2.35. The minimum atomic E-state index is -0.262. The number of nitrogens with one attached hydrogen (secondary N) is 2. The van der Waals surface area contributed by atoms with E-state index in [1.807, 2.05) is 20.8 Å². The summed E-state index contributed by atoms with van der Waals surface area (Å²) in [7, 11) is 0. The van der Waals surface area contributed by atoms with Crippen LogP contribution in [0.3, 0.4) is 0 Å². The first-order chi connectivity index (χ1) is 8.95. The molecule has 0 bridgehead atoms. The summed E-state index contributed by atoms with van der Waals surface area (Å²) in [5.74, 6) is -0.455. The first-order valence-electron chi connectivity index (χ1n) is 6.28. The van der Waals surface area contributed by atoms with Crippen molar-refractivity contribution in [3.8, 4) is 0 Å². The second-order valence-electron chi connectivity index (χ2n) is 4.49. The van der Waals surface area contributed by atoms with Crippen LogP contribution in [0.4, 0.5) is 5.69 Å². The maximum atomic E-state index is 11.7. The molecular formula is C14H19ClN2O2. The van der Waals surface area contributed by atoms with E-state index in [1.165, 1.54) is 0 Å². The molecule has 5 heteroatoms. The van der Waals surface area contributed by atoms with Gasteiger partial charge in [-0.15, -0.1) is 0 Å². The van der Waals surface area contributed by atoms with Gasteiger partial charge in [0.15, 0.2) is 0 Å². The summed E-state index contributed by atoms with van der Waals surface area (Å²) < 4.78 is 0. The second-order valence-corrected chi connectivity index (χ2v) is 4.89. The van der Waals surface area contributed by atoms with Gasteiger partial charge >= 0.3 is 0 Å². The van der Waals surface area contributed by atoms with E-state index in [-0.39, 0.29) is 24.3 Å². The standard InChI is InChI=1S/C14H19ClN2O2/c1-4-9(2)14(19)16-8-13(18)17-12-7-5-6-11(15)10(12)3/h5-7,9H,4,8H2,1-3H3,(H,16,19)(H,17,18). The lowest BCUT2D eigenvalue weighted by molar-refractivity contribution is -0.126. The van der Waals surface area contributed by atoms with Crippen molar-refractivity contribution in [2.75, 3.05) is 11.9 Å². The van der Waals surface area contributed by atoms with Crippen LogP contribution in [-0.2, 0) is 9.59 Å². The Kier molecular flexibility index (Phi) is 5.83. The van der Waals surface area contributed by atoms with Crippen molar-refractivity contribution in [1.29, 1.82) is 0 Å². The monoisotopic (exact) mass is 282 g/mol. The van der Waals surface area contributed by atoms with Crippen molar-refractivity contribution in [3.05, 3.63) is 28.8 Å². The van der Waals surface area contributed by atoms with Crippen LogP contribution in [0.5, 0.6) is 0 Å². The van der Waals surface area contributed by atoms with Gasteiger partial charge in [0.1, 0.15) is 0 Å². The lowest BCUT2D eigenvalue weighted by Gasteiger charge is -2.12. The normalized spacial score (nSPS) is 11.8. The van der Waals surface area contributed by atoms with Crippen LogP contribution in [0.15, 0.2) is 18.2 Å². The predicted molar refractivity (Wildman–Crippen MR) is 77.3 cm³/mol. The van der Waals surface area contributed by atoms with Gasteiger partial charge in [0.05, 0.1) is 6.54 Å². The Balaban J connectivity index is 2.52. The van der Waals surface area contributed by atoms with Crippen LogP contribution in [0, 0.1) is 12.8 Å². The molecule has 0 spiro atoms. The molecule has 19 heavy (non-hydrogen) atoms. The summed E-state index contributed by atoms with van der Waals surface area (Å²) in [4.78, 5) is 23.3. The number of anilines is 1. The van der Waals surface area contributed by atoms with Gasteiger partial charge in [0.25, 0.3) is 0 Å². The molecule has 2 amide bonds. The highest BCUT2D eigenvalue weighted by Gasteiger charge is 2.12. The fourth-order valence-electron chi connectivity index (χ4n) is 1.46. The molecule has 0 heterocycles. The summed E-state index contributed by atoms with van der Waals surface area (Å²) in [6.07, 6.45) is 0.751. The third kappa shape index (κ3) is 4.56. The van der Waals surface area contributed by atoms with E-state index in [9.17, 15) is 9.59 Å². The Morgan fingerprint density at radius 2 is 2.05 bits per heavy atom. The van der Waals surface area contributed by atoms with E-state index in [4.69, 9.17) is 11.6 Å². The summed E-state index contributed by atoms with van der Waals surface area (Å²) in [5.41, 5.74) is 1.47. The van der Waals surface area contributed by atoms with Crippen molar-refractivity contribution in [2.24, 2.45) is 5.92 Å². The Morgan fingerprint density at radius 3 is 2.68 bits per heavy atom. The van der Waals surface area contributed by atoms with E-state index in [1.54, 1.807) is 18.2 Å². The number of rotatable bonds is 5. The Hall–Kier alpha value is -1.55. The molecule has 0 aliphatic carbocycles. The number of carbonyl (C=O) groups is 2. The zero-order chi connectivity index (χ0) is 14.4. The average Bonchev–Trinajstić information content (AvgIpc) is 2.40. The molecule has 0 aromatic heterocycles. The summed E-state index contributed by atoms with van der Waals surface area (Å²) in [5, 5.41) is 5.93. The highest BCUT2D eigenvalue weighted by Crippen LogP contribution is 2.22. The van der Waals surface area contributed by atoms with Crippen LogP contribution < -0.4 is 10.6 Å². The van der Waals surface area contributed by atoms with Crippen LogP contribution in [0.25, 0.3) is 0 Å². The van der Waals surface area contributed by atoms with Crippen LogP contribution in [0.2, 0.25) is 5.02 Å². The van der Waals surface area contributed by atoms with E-state index in [0.717, 1.165) is 12.0 Å². The Labute approximate surface area is 118 Å². The van der Waals surface area contributed by atoms with Crippen molar-refractivity contribution < 1.29 is 9.59 Å². The Morgan fingerprint density at radius 1 is 1.37 bits per heavy atom. The highest BCUT2D eigenvalue weighted by atomic mass is 35.5. The third-order valence-electron chi connectivity index (χ3n) is 3.02. The van der Waals surface area contributed by atoms with Gasteiger partial charge in [0, 0.05) is 16.6 Å². The van der Waals surface area contributed by atoms with Crippen LogP contribution in [-0.4, -0.2) is 18.4 Å². The van der Waals surface area contributed by atoms with Gasteiger partial charge in [-0.3, -0.25) is 9.59 Å². The minimum Gasteiger partial charge on any atom is -0.347 e. The van der Waals surface area contributed by atoms with E-state index in [2.05, 4.69) is 10.6 Å². The number of amides is 2. The largest absolute Gasteiger partial charge is 0.347 e. The maximum Gasteiger partial charge on any atom is 0.243 e. The molecule has 0 saturated heterocycles. The quantitative estimate of drug-likeness (QED) is 0.872. The van der Waals surface area contributed by atoms with Crippen molar-refractivity contribution in [3.63, 3.8) is 0 Å². The van der Waals surface area contributed by atoms with Crippen LogP contribution in [0.1, 0.15) is 25.8 Å². The Bertz CT molecular complexity index is 475. The predicted octanol–water partition coefficient (Wildman–Crippen LogP) is 2.75. The topological polar surface area (TPSA) is 58.2 Å². The molecule has 0 radical (unpaired) electrons. The first kappa shape index (κ1) is 15.5.